The molecule has 3 rings (SSSR count). The molecule has 8 heteroatoms. The first-order valence-corrected chi connectivity index (χ1v) is 8.63. The molecular formula is C17H16N4O3S. The average Bonchev–Trinajstić information content (AvgIpc) is 2.94. The van der Waals surface area contributed by atoms with Crippen LogP contribution >= 0.6 is 11.8 Å². The standard InChI is InChI=1S/C17H16N4O3S/c22-15(13-10-18-7-8-19-13)20-6-5-11-1-3-12(4-2-11)9-14-16(23)21-17(24)25-14/h1-4,7-8,10,14H,5-6,9H2,(H,20,22)(H,21,23,24)/t14-/m0/s1. The quantitative estimate of drug-likeness (QED) is 0.810. The van der Waals surface area contributed by atoms with Crippen molar-refractivity contribution >= 4 is 28.8 Å². The van der Waals surface area contributed by atoms with Gasteiger partial charge in [0.1, 0.15) is 5.69 Å². The van der Waals surface area contributed by atoms with Gasteiger partial charge in [0.25, 0.3) is 11.1 Å². The van der Waals surface area contributed by atoms with E-state index in [1.807, 2.05) is 24.3 Å². The molecule has 1 aliphatic rings. The fourth-order valence-corrected chi connectivity index (χ4v) is 3.27. The summed E-state index contributed by atoms with van der Waals surface area (Å²) in [6.45, 7) is 0.490. The second-order valence-electron chi connectivity index (χ2n) is 5.50. The van der Waals surface area contributed by atoms with Gasteiger partial charge in [-0.05, 0) is 24.0 Å². The van der Waals surface area contributed by atoms with Crippen LogP contribution in [0.15, 0.2) is 42.9 Å². The minimum Gasteiger partial charge on any atom is -0.350 e. The molecule has 0 aliphatic carbocycles. The Morgan fingerprint density at radius 1 is 1.16 bits per heavy atom. The molecule has 1 atom stereocenters. The maximum atomic E-state index is 11.9. The lowest BCUT2D eigenvalue weighted by atomic mass is 10.1. The monoisotopic (exact) mass is 356 g/mol. The number of hydrogen-bond donors (Lipinski definition) is 2. The third-order valence-corrected chi connectivity index (χ3v) is 4.69. The van der Waals surface area contributed by atoms with Crippen LogP contribution in [0.3, 0.4) is 0 Å². The molecule has 0 unspecified atom stereocenters. The first-order chi connectivity index (χ1) is 12.1. The number of nitrogens with zero attached hydrogens (tertiary/aromatic N) is 2. The number of benzene rings is 1. The average molecular weight is 356 g/mol. The third kappa shape index (κ3) is 4.63. The van der Waals surface area contributed by atoms with Gasteiger partial charge in [-0.15, -0.1) is 0 Å². The number of imide groups is 1. The van der Waals surface area contributed by atoms with Crippen molar-refractivity contribution in [2.45, 2.75) is 18.1 Å². The van der Waals surface area contributed by atoms with E-state index < -0.39 is 0 Å². The summed E-state index contributed by atoms with van der Waals surface area (Å²) in [5.74, 6) is -0.482. The van der Waals surface area contributed by atoms with Crippen LogP contribution in [-0.4, -0.2) is 38.8 Å². The number of rotatable bonds is 6. The van der Waals surface area contributed by atoms with E-state index in [1.54, 1.807) is 0 Å². The fraction of sp³-hybridized carbons (Fsp3) is 0.235. The van der Waals surface area contributed by atoms with Crippen molar-refractivity contribution in [2.24, 2.45) is 0 Å². The molecule has 1 aromatic heterocycles. The molecule has 128 valence electrons. The molecule has 1 fully saturated rings. The summed E-state index contributed by atoms with van der Waals surface area (Å²) in [6.07, 6.45) is 5.62. The van der Waals surface area contributed by atoms with Crippen LogP contribution in [0.4, 0.5) is 4.79 Å². The van der Waals surface area contributed by atoms with Gasteiger partial charge < -0.3 is 5.32 Å². The highest BCUT2D eigenvalue weighted by molar-refractivity contribution is 8.15. The first kappa shape index (κ1) is 17.1. The number of carbonyl (C=O) groups excluding carboxylic acids is 3. The van der Waals surface area contributed by atoms with Gasteiger partial charge in [-0.3, -0.25) is 24.7 Å². The summed E-state index contributed by atoms with van der Waals surface area (Å²) in [4.78, 5) is 42.4. The van der Waals surface area contributed by atoms with Crippen molar-refractivity contribution < 1.29 is 14.4 Å². The molecule has 0 saturated carbocycles. The van der Waals surface area contributed by atoms with Crippen molar-refractivity contribution in [3.8, 4) is 0 Å². The van der Waals surface area contributed by atoms with Crippen LogP contribution in [0.1, 0.15) is 21.6 Å². The number of thioether (sulfide) groups is 1. The summed E-state index contributed by atoms with van der Waals surface area (Å²) in [5, 5.41) is 4.44. The van der Waals surface area contributed by atoms with E-state index in [-0.39, 0.29) is 22.3 Å². The van der Waals surface area contributed by atoms with Crippen LogP contribution in [0.25, 0.3) is 0 Å². The van der Waals surface area contributed by atoms with Crippen LogP contribution in [-0.2, 0) is 17.6 Å². The van der Waals surface area contributed by atoms with Gasteiger partial charge >= 0.3 is 0 Å². The van der Waals surface area contributed by atoms with E-state index in [1.165, 1.54) is 18.6 Å². The zero-order valence-electron chi connectivity index (χ0n) is 13.3. The molecule has 1 aliphatic heterocycles. The SMILES string of the molecule is O=C1NC(=O)[C@H](Cc2ccc(CCNC(=O)c3cnccn3)cc2)S1. The largest absolute Gasteiger partial charge is 0.350 e. The Bertz CT molecular complexity index is 780. The first-order valence-electron chi connectivity index (χ1n) is 7.75. The van der Waals surface area contributed by atoms with E-state index in [0.29, 0.717) is 25.1 Å². The lowest BCUT2D eigenvalue weighted by Crippen LogP contribution is -2.26. The van der Waals surface area contributed by atoms with Crippen molar-refractivity contribution in [1.82, 2.24) is 20.6 Å². The molecule has 3 amide bonds. The molecule has 1 aromatic carbocycles. The molecule has 2 heterocycles. The molecule has 0 radical (unpaired) electrons. The highest BCUT2D eigenvalue weighted by Gasteiger charge is 2.31. The Morgan fingerprint density at radius 2 is 1.92 bits per heavy atom. The molecule has 25 heavy (non-hydrogen) atoms. The van der Waals surface area contributed by atoms with Crippen molar-refractivity contribution in [3.63, 3.8) is 0 Å². The second-order valence-corrected chi connectivity index (χ2v) is 6.68. The van der Waals surface area contributed by atoms with Crippen LogP contribution in [0, 0.1) is 0 Å². The zero-order valence-corrected chi connectivity index (χ0v) is 14.1. The summed E-state index contributed by atoms with van der Waals surface area (Å²) >= 11 is 1.03. The molecular weight excluding hydrogens is 340 g/mol. The van der Waals surface area contributed by atoms with Crippen LogP contribution < -0.4 is 10.6 Å². The highest BCUT2D eigenvalue weighted by atomic mass is 32.2. The topological polar surface area (TPSA) is 101 Å². The predicted octanol–water partition coefficient (Wildman–Crippen LogP) is 1.34. The van der Waals surface area contributed by atoms with Gasteiger partial charge in [-0.2, -0.15) is 0 Å². The van der Waals surface area contributed by atoms with E-state index in [9.17, 15) is 14.4 Å². The van der Waals surface area contributed by atoms with Gasteiger partial charge in [-0.25, -0.2) is 4.98 Å². The Hall–Kier alpha value is -2.74. The molecule has 0 spiro atoms. The van der Waals surface area contributed by atoms with Gasteiger partial charge in [-0.1, -0.05) is 36.0 Å². The summed E-state index contributed by atoms with van der Waals surface area (Å²) in [7, 11) is 0. The summed E-state index contributed by atoms with van der Waals surface area (Å²) in [5.41, 5.74) is 2.36. The van der Waals surface area contributed by atoms with Crippen molar-refractivity contribution in [2.75, 3.05) is 6.54 Å². The van der Waals surface area contributed by atoms with Crippen molar-refractivity contribution in [3.05, 3.63) is 59.7 Å². The number of hydrogen-bond acceptors (Lipinski definition) is 6. The Morgan fingerprint density at radius 3 is 2.56 bits per heavy atom. The van der Waals surface area contributed by atoms with Gasteiger partial charge in [0.05, 0.1) is 11.4 Å². The summed E-state index contributed by atoms with van der Waals surface area (Å²) < 4.78 is 0. The lowest BCUT2D eigenvalue weighted by Gasteiger charge is -2.07. The molecule has 2 N–H and O–H groups in total. The maximum Gasteiger partial charge on any atom is 0.286 e. The molecule has 0 bridgehead atoms. The molecule has 2 aromatic rings. The van der Waals surface area contributed by atoms with Gasteiger partial charge in [0, 0.05) is 18.9 Å². The fourth-order valence-electron chi connectivity index (χ4n) is 2.41. The van der Waals surface area contributed by atoms with E-state index in [4.69, 9.17) is 0 Å². The summed E-state index contributed by atoms with van der Waals surface area (Å²) in [6, 6.07) is 7.80. The van der Waals surface area contributed by atoms with E-state index >= 15 is 0 Å². The van der Waals surface area contributed by atoms with E-state index in [2.05, 4.69) is 20.6 Å². The number of aromatic nitrogens is 2. The third-order valence-electron chi connectivity index (χ3n) is 3.71. The molecule has 7 nitrogen and oxygen atoms in total. The number of amides is 3. The zero-order chi connectivity index (χ0) is 17.6. The van der Waals surface area contributed by atoms with Crippen LogP contribution in [0.5, 0.6) is 0 Å². The Balaban J connectivity index is 1.47. The van der Waals surface area contributed by atoms with E-state index in [0.717, 1.165) is 22.9 Å². The second kappa shape index (κ2) is 7.89. The Labute approximate surface area is 148 Å². The van der Waals surface area contributed by atoms with Crippen molar-refractivity contribution in [1.29, 1.82) is 0 Å². The van der Waals surface area contributed by atoms with Crippen LogP contribution in [0.2, 0.25) is 0 Å². The number of carbonyl (C=O) groups is 3. The normalized spacial score (nSPS) is 16.6. The minimum atomic E-state index is -0.357. The number of nitrogens with one attached hydrogen (secondary N) is 2. The van der Waals surface area contributed by atoms with Gasteiger partial charge in [0.15, 0.2) is 0 Å². The lowest BCUT2D eigenvalue weighted by molar-refractivity contribution is -0.118. The van der Waals surface area contributed by atoms with Gasteiger partial charge in [0.2, 0.25) is 5.91 Å². The molecule has 1 saturated heterocycles. The highest BCUT2D eigenvalue weighted by Crippen LogP contribution is 2.23. The smallest absolute Gasteiger partial charge is 0.286 e. The maximum absolute atomic E-state index is 11.9. The minimum absolute atomic E-state index is 0.231. The Kier molecular flexibility index (Phi) is 5.39. The predicted molar refractivity (Wildman–Crippen MR) is 93.1 cm³/mol.